The van der Waals surface area contributed by atoms with Gasteiger partial charge in [-0.2, -0.15) is 23.4 Å². The van der Waals surface area contributed by atoms with Crippen LogP contribution in [0.4, 0.5) is 36.4 Å². The molecule has 0 saturated heterocycles. The molecule has 13 heteroatoms. The summed E-state index contributed by atoms with van der Waals surface area (Å²) in [6, 6.07) is 0.668. The van der Waals surface area contributed by atoms with E-state index in [2.05, 4.69) is 15.5 Å². The molecule has 0 saturated carbocycles. The van der Waals surface area contributed by atoms with Crippen molar-refractivity contribution in [2.45, 2.75) is 12.7 Å². The molecule has 3 aromatic rings. The van der Waals surface area contributed by atoms with Crippen LogP contribution in [0.2, 0.25) is 0 Å². The number of benzene rings is 1. The molecule has 28 heavy (non-hydrogen) atoms. The summed E-state index contributed by atoms with van der Waals surface area (Å²) in [6.45, 7) is -0.634. The number of aromatic amines is 1. The first-order chi connectivity index (χ1) is 13.1. The van der Waals surface area contributed by atoms with Crippen molar-refractivity contribution in [2.75, 3.05) is 5.32 Å². The second-order valence-corrected chi connectivity index (χ2v) is 5.49. The first-order valence-corrected chi connectivity index (χ1v) is 7.34. The lowest BCUT2D eigenvalue weighted by atomic mass is 10.2. The molecule has 0 fully saturated rings. The van der Waals surface area contributed by atoms with Crippen molar-refractivity contribution in [1.29, 1.82) is 0 Å². The zero-order valence-electron chi connectivity index (χ0n) is 13.4. The van der Waals surface area contributed by atoms with Crippen LogP contribution in [0.3, 0.4) is 0 Å². The fourth-order valence-electron chi connectivity index (χ4n) is 2.20. The summed E-state index contributed by atoms with van der Waals surface area (Å²) in [7, 11) is 0. The molecule has 6 nitrogen and oxygen atoms in total. The standard InChI is InChI=1S/C15H8F7N5O/c16-8-1-9(17)13(19)12(18)7(8)5-27-4-6(3-23-27)24-14(28)10-2-11(26-25-10)15(20,21)22/h1-4H,5H2,(H,24,28)(H,25,26). The quantitative estimate of drug-likeness (QED) is 0.395. The lowest BCUT2D eigenvalue weighted by Gasteiger charge is -2.06. The third-order valence-corrected chi connectivity index (χ3v) is 3.54. The molecule has 0 radical (unpaired) electrons. The number of H-pyrrole nitrogens is 1. The lowest BCUT2D eigenvalue weighted by molar-refractivity contribution is -0.141. The van der Waals surface area contributed by atoms with Crippen LogP contribution in [0, 0.1) is 23.3 Å². The highest BCUT2D eigenvalue weighted by Crippen LogP contribution is 2.27. The molecule has 2 N–H and O–H groups in total. The number of carbonyl (C=O) groups excluding carboxylic acids is 1. The highest BCUT2D eigenvalue weighted by Gasteiger charge is 2.33. The smallest absolute Gasteiger partial charge is 0.318 e. The number of amides is 1. The van der Waals surface area contributed by atoms with Gasteiger partial charge in [0, 0.05) is 23.9 Å². The Bertz CT molecular complexity index is 1040. The maximum Gasteiger partial charge on any atom is 0.432 e. The van der Waals surface area contributed by atoms with Gasteiger partial charge in [-0.3, -0.25) is 14.6 Å². The van der Waals surface area contributed by atoms with E-state index in [-0.39, 0.29) is 11.8 Å². The first kappa shape index (κ1) is 19.4. The van der Waals surface area contributed by atoms with Gasteiger partial charge < -0.3 is 5.32 Å². The highest BCUT2D eigenvalue weighted by molar-refractivity contribution is 6.02. The molecule has 2 heterocycles. The molecular weight excluding hydrogens is 399 g/mol. The molecule has 0 bridgehead atoms. The SMILES string of the molecule is O=C(Nc1cnn(Cc2c(F)cc(F)c(F)c2F)c1)c1cc(C(F)(F)F)[nH]n1. The molecule has 0 spiro atoms. The number of hydrogen-bond acceptors (Lipinski definition) is 3. The molecule has 0 aliphatic carbocycles. The summed E-state index contributed by atoms with van der Waals surface area (Å²) in [5.74, 6) is -7.61. The van der Waals surface area contributed by atoms with E-state index >= 15 is 0 Å². The Kier molecular flexibility index (Phi) is 4.83. The highest BCUT2D eigenvalue weighted by atomic mass is 19.4. The molecule has 1 amide bonds. The average molecular weight is 407 g/mol. The van der Waals surface area contributed by atoms with Crippen molar-refractivity contribution in [3.05, 3.63) is 64.7 Å². The molecule has 3 rings (SSSR count). The van der Waals surface area contributed by atoms with Gasteiger partial charge in [0.25, 0.3) is 5.91 Å². The number of nitrogens with one attached hydrogen (secondary N) is 2. The maximum absolute atomic E-state index is 13.7. The molecule has 0 unspecified atom stereocenters. The van der Waals surface area contributed by atoms with E-state index in [4.69, 9.17) is 0 Å². The Labute approximate surface area is 151 Å². The Morgan fingerprint density at radius 3 is 2.46 bits per heavy atom. The maximum atomic E-state index is 13.7. The van der Waals surface area contributed by atoms with Crippen molar-refractivity contribution in [3.63, 3.8) is 0 Å². The summed E-state index contributed by atoms with van der Waals surface area (Å²) in [4.78, 5) is 11.9. The summed E-state index contributed by atoms with van der Waals surface area (Å²) in [6.07, 6.45) is -2.60. The predicted octanol–water partition coefficient (Wildman–Crippen LogP) is 3.48. The van der Waals surface area contributed by atoms with Gasteiger partial charge in [0.2, 0.25) is 0 Å². The van der Waals surface area contributed by atoms with Crippen LogP contribution in [-0.2, 0) is 12.7 Å². The topological polar surface area (TPSA) is 75.6 Å². The van der Waals surface area contributed by atoms with Gasteiger partial charge in [-0.25, -0.2) is 17.6 Å². The number of carbonyl (C=O) groups is 1. The minimum Gasteiger partial charge on any atom is -0.318 e. The fraction of sp³-hybridized carbons (Fsp3) is 0.133. The number of aromatic nitrogens is 4. The fourth-order valence-corrected chi connectivity index (χ4v) is 2.20. The average Bonchev–Trinajstić information content (AvgIpc) is 3.26. The summed E-state index contributed by atoms with van der Waals surface area (Å²) < 4.78 is 91.9. The molecule has 0 atom stereocenters. The van der Waals surface area contributed by atoms with E-state index in [1.54, 1.807) is 5.10 Å². The Hall–Kier alpha value is -3.38. The number of hydrogen-bond donors (Lipinski definition) is 2. The van der Waals surface area contributed by atoms with Crippen molar-refractivity contribution in [3.8, 4) is 0 Å². The second-order valence-electron chi connectivity index (χ2n) is 5.49. The number of alkyl halides is 3. The van der Waals surface area contributed by atoms with E-state index in [1.807, 2.05) is 0 Å². The van der Waals surface area contributed by atoms with Gasteiger partial charge in [-0.05, 0) is 0 Å². The van der Waals surface area contributed by atoms with Crippen LogP contribution in [-0.4, -0.2) is 25.9 Å². The van der Waals surface area contributed by atoms with Gasteiger partial charge in [0.05, 0.1) is 18.4 Å². The number of rotatable bonds is 4. The van der Waals surface area contributed by atoms with E-state index < -0.39 is 58.8 Å². The molecule has 0 aliphatic rings. The van der Waals surface area contributed by atoms with Gasteiger partial charge >= 0.3 is 6.18 Å². The zero-order valence-corrected chi connectivity index (χ0v) is 13.4. The largest absolute Gasteiger partial charge is 0.432 e. The molecular formula is C15H8F7N5O. The minimum atomic E-state index is -4.71. The van der Waals surface area contributed by atoms with Crippen molar-refractivity contribution in [2.24, 2.45) is 0 Å². The van der Waals surface area contributed by atoms with Gasteiger partial charge in [-0.15, -0.1) is 0 Å². The van der Waals surface area contributed by atoms with E-state index in [0.717, 1.165) is 17.1 Å². The third-order valence-electron chi connectivity index (χ3n) is 3.54. The number of anilines is 1. The third kappa shape index (κ3) is 3.82. The Balaban J connectivity index is 1.74. The number of halogens is 7. The minimum absolute atomic E-state index is 0.0371. The van der Waals surface area contributed by atoms with Gasteiger partial charge in [-0.1, -0.05) is 0 Å². The van der Waals surface area contributed by atoms with E-state index in [1.165, 1.54) is 0 Å². The van der Waals surface area contributed by atoms with Crippen LogP contribution in [0.25, 0.3) is 0 Å². The van der Waals surface area contributed by atoms with Crippen LogP contribution in [0.1, 0.15) is 21.7 Å². The second kappa shape index (κ2) is 6.98. The molecule has 148 valence electrons. The number of nitrogens with zero attached hydrogens (tertiary/aromatic N) is 3. The van der Waals surface area contributed by atoms with Gasteiger partial charge in [0.1, 0.15) is 11.5 Å². The van der Waals surface area contributed by atoms with E-state index in [9.17, 15) is 35.5 Å². The van der Waals surface area contributed by atoms with E-state index in [0.29, 0.717) is 6.07 Å². The monoisotopic (exact) mass is 407 g/mol. The predicted molar refractivity (Wildman–Crippen MR) is 79.1 cm³/mol. The summed E-state index contributed by atoms with van der Waals surface area (Å²) in [5.41, 5.74) is -2.62. The summed E-state index contributed by atoms with van der Waals surface area (Å²) >= 11 is 0. The molecule has 2 aromatic heterocycles. The van der Waals surface area contributed by atoms with Gasteiger partial charge in [0.15, 0.2) is 23.1 Å². The molecule has 0 aliphatic heterocycles. The van der Waals surface area contributed by atoms with Crippen molar-refractivity contribution < 1.29 is 35.5 Å². The Morgan fingerprint density at radius 1 is 1.11 bits per heavy atom. The van der Waals surface area contributed by atoms with Crippen LogP contribution >= 0.6 is 0 Å². The normalized spacial score (nSPS) is 11.7. The molecule has 1 aromatic carbocycles. The van der Waals surface area contributed by atoms with Crippen LogP contribution < -0.4 is 5.32 Å². The lowest BCUT2D eigenvalue weighted by Crippen LogP contribution is -2.12. The van der Waals surface area contributed by atoms with Crippen LogP contribution in [0.5, 0.6) is 0 Å². The zero-order chi connectivity index (χ0) is 20.6. The van der Waals surface area contributed by atoms with Crippen molar-refractivity contribution in [1.82, 2.24) is 20.0 Å². The first-order valence-electron chi connectivity index (χ1n) is 7.34. The summed E-state index contributed by atoms with van der Waals surface area (Å²) in [5, 5.41) is 10.8. The van der Waals surface area contributed by atoms with Crippen LogP contribution in [0.15, 0.2) is 24.5 Å². The Morgan fingerprint density at radius 2 is 1.82 bits per heavy atom. The van der Waals surface area contributed by atoms with Crippen molar-refractivity contribution >= 4 is 11.6 Å².